The van der Waals surface area contributed by atoms with Gasteiger partial charge in [-0.25, -0.2) is 13.8 Å². The van der Waals surface area contributed by atoms with Crippen LogP contribution in [0.1, 0.15) is 23.9 Å². The second kappa shape index (κ2) is 10.5. The van der Waals surface area contributed by atoms with Crippen LogP contribution in [0.25, 0.3) is 11.3 Å². The molecule has 3 aromatic carbocycles. The number of para-hydroxylation sites is 1. The summed E-state index contributed by atoms with van der Waals surface area (Å²) in [5.74, 6) is -0.352. The molecule has 0 bridgehead atoms. The van der Waals surface area contributed by atoms with Crippen molar-refractivity contribution in [2.24, 2.45) is 0 Å². The number of rotatable bonds is 9. The number of oxazole rings is 1. The minimum absolute atomic E-state index is 0.0626. The highest BCUT2D eigenvalue weighted by Gasteiger charge is 2.18. The second-order valence-electron chi connectivity index (χ2n) is 7.37. The Morgan fingerprint density at radius 2 is 1.64 bits per heavy atom. The highest BCUT2D eigenvalue weighted by atomic mass is 19.1. The highest BCUT2D eigenvalue weighted by molar-refractivity contribution is 5.76. The molecule has 4 aromatic rings. The third kappa shape index (κ3) is 5.83. The van der Waals surface area contributed by atoms with Crippen LogP contribution in [0.5, 0.6) is 5.75 Å². The number of nitrogens with zero attached hydrogens (tertiary/aromatic N) is 1. The van der Waals surface area contributed by atoms with Gasteiger partial charge in [0.15, 0.2) is 23.2 Å². The number of benzene rings is 3. The molecule has 0 saturated carbocycles. The van der Waals surface area contributed by atoms with Crippen molar-refractivity contribution in [3.05, 3.63) is 108 Å². The van der Waals surface area contributed by atoms with Crippen LogP contribution in [-0.4, -0.2) is 17.5 Å². The number of carbonyl (C=O) groups is 1. The maximum atomic E-state index is 13.9. The molecule has 0 radical (unpaired) electrons. The van der Waals surface area contributed by atoms with Crippen molar-refractivity contribution in [3.63, 3.8) is 0 Å². The summed E-state index contributed by atoms with van der Waals surface area (Å²) >= 11 is 0. The van der Waals surface area contributed by atoms with Crippen molar-refractivity contribution < 1.29 is 22.7 Å². The van der Waals surface area contributed by atoms with Crippen LogP contribution in [0.15, 0.2) is 89.5 Å². The normalized spacial score (nSPS) is 11.7. The van der Waals surface area contributed by atoms with Gasteiger partial charge in [-0.05, 0) is 29.8 Å². The summed E-state index contributed by atoms with van der Waals surface area (Å²) in [6, 6.07) is 21.2. The van der Waals surface area contributed by atoms with Crippen LogP contribution < -0.4 is 10.1 Å². The molecule has 1 atom stereocenters. The molecule has 168 valence electrons. The number of nitrogens with one attached hydrogen (secondary N) is 1. The summed E-state index contributed by atoms with van der Waals surface area (Å²) < 4.78 is 39.1. The van der Waals surface area contributed by atoms with Crippen LogP contribution in [0.3, 0.4) is 0 Å². The first-order chi connectivity index (χ1) is 16.1. The van der Waals surface area contributed by atoms with Crippen LogP contribution in [-0.2, 0) is 11.2 Å². The maximum Gasteiger partial charge on any atom is 0.221 e. The van der Waals surface area contributed by atoms with Crippen molar-refractivity contribution in [2.45, 2.75) is 18.9 Å². The minimum Gasteiger partial charge on any atom is -0.488 e. The SMILES string of the molecule is O=C(CCc1ncc(-c2ccccc2F)o1)NC(COc1ccccc1F)c1ccccc1. The fraction of sp³-hybridized carbons (Fsp3) is 0.154. The van der Waals surface area contributed by atoms with Crippen molar-refractivity contribution in [3.8, 4) is 17.1 Å². The summed E-state index contributed by atoms with van der Waals surface area (Å²) in [6.07, 6.45) is 1.80. The summed E-state index contributed by atoms with van der Waals surface area (Å²) in [6.45, 7) is 0.0626. The van der Waals surface area contributed by atoms with Crippen LogP contribution in [0.2, 0.25) is 0 Å². The van der Waals surface area contributed by atoms with Crippen LogP contribution in [0, 0.1) is 11.6 Å². The molecule has 0 spiro atoms. The van der Waals surface area contributed by atoms with Gasteiger partial charge < -0.3 is 14.5 Å². The molecule has 1 amide bonds. The maximum absolute atomic E-state index is 13.9. The number of aryl methyl sites for hydroxylation is 1. The van der Waals surface area contributed by atoms with Gasteiger partial charge in [-0.2, -0.15) is 0 Å². The van der Waals surface area contributed by atoms with Crippen LogP contribution >= 0.6 is 0 Å². The summed E-state index contributed by atoms with van der Waals surface area (Å²) in [7, 11) is 0. The van der Waals surface area contributed by atoms with E-state index in [1.807, 2.05) is 30.3 Å². The lowest BCUT2D eigenvalue weighted by Gasteiger charge is -2.20. The molecule has 4 rings (SSSR count). The third-order valence-corrected chi connectivity index (χ3v) is 5.04. The van der Waals surface area contributed by atoms with Gasteiger partial charge in [-0.3, -0.25) is 4.79 Å². The molecule has 0 aliphatic carbocycles. The minimum atomic E-state index is -0.475. The van der Waals surface area contributed by atoms with E-state index in [1.54, 1.807) is 30.3 Å². The lowest BCUT2D eigenvalue weighted by molar-refractivity contribution is -0.122. The fourth-order valence-corrected chi connectivity index (χ4v) is 3.34. The van der Waals surface area contributed by atoms with Gasteiger partial charge in [0.05, 0.1) is 17.8 Å². The Balaban J connectivity index is 1.38. The van der Waals surface area contributed by atoms with E-state index in [9.17, 15) is 13.6 Å². The molecule has 33 heavy (non-hydrogen) atoms. The molecule has 1 unspecified atom stereocenters. The average molecular weight is 448 g/mol. The molecule has 1 aromatic heterocycles. The monoisotopic (exact) mass is 448 g/mol. The van der Waals surface area contributed by atoms with Gasteiger partial charge in [0.2, 0.25) is 5.91 Å². The molecule has 0 fully saturated rings. The van der Waals surface area contributed by atoms with E-state index in [0.29, 0.717) is 17.2 Å². The zero-order chi connectivity index (χ0) is 23.0. The first-order valence-corrected chi connectivity index (χ1v) is 10.5. The van der Waals surface area contributed by atoms with E-state index in [1.165, 1.54) is 24.4 Å². The number of halogens is 2. The lowest BCUT2D eigenvalue weighted by atomic mass is 10.1. The van der Waals surface area contributed by atoms with Gasteiger partial charge in [-0.15, -0.1) is 0 Å². The largest absolute Gasteiger partial charge is 0.488 e. The molecule has 0 aliphatic heterocycles. The zero-order valence-corrected chi connectivity index (χ0v) is 17.7. The van der Waals surface area contributed by atoms with E-state index < -0.39 is 17.7 Å². The molecule has 7 heteroatoms. The first-order valence-electron chi connectivity index (χ1n) is 10.5. The second-order valence-corrected chi connectivity index (χ2v) is 7.37. The van der Waals surface area contributed by atoms with Crippen molar-refractivity contribution in [1.29, 1.82) is 0 Å². The Labute approximate surface area is 190 Å². The predicted octanol–water partition coefficient (Wildman–Crippen LogP) is 5.49. The Morgan fingerprint density at radius 1 is 0.939 bits per heavy atom. The number of carbonyl (C=O) groups excluding carboxylic acids is 1. The Bertz CT molecular complexity index is 1210. The quantitative estimate of drug-likeness (QED) is 0.368. The molecule has 0 saturated heterocycles. The van der Waals surface area contributed by atoms with E-state index in [2.05, 4.69) is 10.3 Å². The van der Waals surface area contributed by atoms with Crippen molar-refractivity contribution >= 4 is 5.91 Å². The summed E-state index contributed by atoms with van der Waals surface area (Å²) in [5, 5.41) is 2.93. The Kier molecular flexibility index (Phi) is 7.09. The van der Waals surface area contributed by atoms with Gasteiger partial charge >= 0.3 is 0 Å². The van der Waals surface area contributed by atoms with E-state index in [0.717, 1.165) is 5.56 Å². The Morgan fingerprint density at radius 3 is 2.39 bits per heavy atom. The van der Waals surface area contributed by atoms with E-state index in [-0.39, 0.29) is 31.1 Å². The molecule has 1 N–H and O–H groups in total. The number of ether oxygens (including phenoxy) is 1. The standard InChI is InChI=1S/C26H22F2N2O3/c27-20-11-5-4-10-19(20)24-16-29-26(33-24)15-14-25(31)30-22(18-8-2-1-3-9-18)17-32-23-13-7-6-12-21(23)28/h1-13,16,22H,14-15,17H2,(H,30,31). The van der Waals surface area contributed by atoms with Gasteiger partial charge in [0.25, 0.3) is 0 Å². The molecule has 5 nitrogen and oxygen atoms in total. The molecular weight excluding hydrogens is 426 g/mol. The van der Waals surface area contributed by atoms with E-state index >= 15 is 0 Å². The summed E-state index contributed by atoms with van der Waals surface area (Å²) in [5.41, 5.74) is 1.15. The Hall–Kier alpha value is -4.00. The number of hydrogen-bond acceptors (Lipinski definition) is 4. The lowest BCUT2D eigenvalue weighted by Crippen LogP contribution is -2.32. The number of amides is 1. The number of hydrogen-bond donors (Lipinski definition) is 1. The van der Waals surface area contributed by atoms with Crippen molar-refractivity contribution in [1.82, 2.24) is 10.3 Å². The average Bonchev–Trinajstić information content (AvgIpc) is 3.31. The molecule has 0 aliphatic rings. The smallest absolute Gasteiger partial charge is 0.221 e. The number of aromatic nitrogens is 1. The zero-order valence-electron chi connectivity index (χ0n) is 17.7. The van der Waals surface area contributed by atoms with Crippen LogP contribution in [0.4, 0.5) is 8.78 Å². The highest BCUT2D eigenvalue weighted by Crippen LogP contribution is 2.24. The van der Waals surface area contributed by atoms with Crippen molar-refractivity contribution in [2.75, 3.05) is 6.61 Å². The molecule has 1 heterocycles. The molecular formula is C26H22F2N2O3. The van der Waals surface area contributed by atoms with Gasteiger partial charge in [-0.1, -0.05) is 54.6 Å². The van der Waals surface area contributed by atoms with Gasteiger partial charge in [0.1, 0.15) is 12.4 Å². The topological polar surface area (TPSA) is 64.4 Å². The summed E-state index contributed by atoms with van der Waals surface area (Å²) in [4.78, 5) is 16.8. The first kappa shape index (κ1) is 22.2. The third-order valence-electron chi connectivity index (χ3n) is 5.04. The van der Waals surface area contributed by atoms with E-state index in [4.69, 9.17) is 9.15 Å². The van der Waals surface area contributed by atoms with Gasteiger partial charge in [0, 0.05) is 12.8 Å². The fourth-order valence-electron chi connectivity index (χ4n) is 3.34. The predicted molar refractivity (Wildman–Crippen MR) is 119 cm³/mol.